The van der Waals surface area contributed by atoms with Crippen molar-refractivity contribution in [2.24, 2.45) is 0 Å². The minimum absolute atomic E-state index is 0.335. The lowest BCUT2D eigenvalue weighted by molar-refractivity contribution is 0.700. The van der Waals surface area contributed by atoms with Crippen LogP contribution in [-0.2, 0) is 0 Å². The fourth-order valence-corrected chi connectivity index (χ4v) is 4.35. The molecular weight excluding hydrogens is 246 g/mol. The van der Waals surface area contributed by atoms with Crippen molar-refractivity contribution >= 4 is 8.24 Å². The predicted octanol–water partition coefficient (Wildman–Crippen LogP) is 5.32. The molecule has 0 N–H and O–H groups in total. The van der Waals surface area contributed by atoms with Gasteiger partial charge < -0.3 is 4.23 Å². The molecule has 2 aromatic rings. The highest BCUT2D eigenvalue weighted by atomic mass is 28.3. The Morgan fingerprint density at radius 1 is 0.947 bits per heavy atom. The van der Waals surface area contributed by atoms with Crippen molar-refractivity contribution in [3.8, 4) is 11.3 Å². The molecule has 19 heavy (non-hydrogen) atoms. The summed E-state index contributed by atoms with van der Waals surface area (Å²) in [6.45, 7) is 14.2. The Labute approximate surface area is 118 Å². The zero-order valence-electron chi connectivity index (χ0n) is 13.0. The molecule has 0 atom stereocenters. The molecule has 2 rings (SSSR count). The second kappa shape index (κ2) is 4.68. The van der Waals surface area contributed by atoms with Gasteiger partial charge in [-0.2, -0.15) is 0 Å². The highest BCUT2D eigenvalue weighted by Gasteiger charge is 2.38. The number of benzene rings is 1. The van der Waals surface area contributed by atoms with Crippen LogP contribution in [0.5, 0.6) is 0 Å². The van der Waals surface area contributed by atoms with Gasteiger partial charge in [-0.1, -0.05) is 64.2 Å². The maximum Gasteiger partial charge on any atom is 0.161 e. The lowest BCUT2D eigenvalue weighted by atomic mass is 10.1. The number of aryl methyl sites for hydroxylation is 1. The molecule has 0 saturated carbocycles. The summed E-state index contributed by atoms with van der Waals surface area (Å²) in [5, 5.41) is 0.335. The maximum atomic E-state index is 2.57. The van der Waals surface area contributed by atoms with Crippen molar-refractivity contribution in [1.82, 2.24) is 4.23 Å². The Morgan fingerprint density at radius 2 is 1.53 bits per heavy atom. The molecule has 0 saturated heterocycles. The molecule has 2 heteroatoms. The van der Waals surface area contributed by atoms with Crippen LogP contribution in [0.1, 0.15) is 26.3 Å². The molecule has 0 fully saturated rings. The Kier molecular flexibility index (Phi) is 3.48. The van der Waals surface area contributed by atoms with Crippen molar-refractivity contribution in [2.45, 2.75) is 45.8 Å². The van der Waals surface area contributed by atoms with E-state index in [1.807, 2.05) is 0 Å². The van der Waals surface area contributed by atoms with Gasteiger partial charge in [0.2, 0.25) is 0 Å². The molecule has 1 aromatic carbocycles. The first kappa shape index (κ1) is 14.1. The first-order chi connectivity index (χ1) is 8.75. The lowest BCUT2D eigenvalue weighted by Crippen LogP contribution is -2.45. The van der Waals surface area contributed by atoms with Crippen LogP contribution in [0, 0.1) is 6.92 Å². The summed E-state index contributed by atoms with van der Waals surface area (Å²) in [7, 11) is -1.57. The van der Waals surface area contributed by atoms with E-state index >= 15 is 0 Å². The molecule has 0 spiro atoms. The van der Waals surface area contributed by atoms with Crippen LogP contribution in [0.15, 0.2) is 42.6 Å². The van der Waals surface area contributed by atoms with Gasteiger partial charge in [-0.05, 0) is 35.4 Å². The summed E-state index contributed by atoms with van der Waals surface area (Å²) in [6, 6.07) is 13.0. The molecule has 0 unspecified atom stereocenters. The van der Waals surface area contributed by atoms with Gasteiger partial charge >= 0.3 is 0 Å². The molecule has 0 bridgehead atoms. The van der Waals surface area contributed by atoms with Gasteiger partial charge in [-0.3, -0.25) is 0 Å². The Morgan fingerprint density at radius 3 is 2.05 bits per heavy atom. The van der Waals surface area contributed by atoms with E-state index in [-0.39, 0.29) is 0 Å². The van der Waals surface area contributed by atoms with Crippen LogP contribution < -0.4 is 0 Å². The summed E-state index contributed by atoms with van der Waals surface area (Å²) in [4.78, 5) is 0. The van der Waals surface area contributed by atoms with Gasteiger partial charge in [0.05, 0.1) is 0 Å². The average Bonchev–Trinajstić information content (AvgIpc) is 2.71. The van der Waals surface area contributed by atoms with E-state index < -0.39 is 8.24 Å². The predicted molar refractivity (Wildman–Crippen MR) is 87.2 cm³/mol. The maximum absolute atomic E-state index is 2.57. The van der Waals surface area contributed by atoms with Gasteiger partial charge in [-0.25, -0.2) is 0 Å². The Hall–Kier alpha value is -1.28. The zero-order chi connectivity index (χ0) is 14.3. The molecule has 0 radical (unpaired) electrons. The second-order valence-electron chi connectivity index (χ2n) is 6.89. The van der Waals surface area contributed by atoms with E-state index in [2.05, 4.69) is 87.6 Å². The van der Waals surface area contributed by atoms with E-state index in [9.17, 15) is 0 Å². The molecule has 102 valence electrons. The highest BCUT2D eigenvalue weighted by molar-refractivity contribution is 6.79. The quantitative estimate of drug-likeness (QED) is 0.652. The minimum Gasteiger partial charge on any atom is -0.374 e. The summed E-state index contributed by atoms with van der Waals surface area (Å²) < 4.78 is 2.57. The van der Waals surface area contributed by atoms with E-state index in [4.69, 9.17) is 0 Å². The molecule has 0 aliphatic carbocycles. The summed E-state index contributed by atoms with van der Waals surface area (Å²) >= 11 is 0. The van der Waals surface area contributed by atoms with Crippen LogP contribution in [0.2, 0.25) is 18.1 Å². The van der Waals surface area contributed by atoms with E-state index in [0.29, 0.717) is 5.04 Å². The van der Waals surface area contributed by atoms with Gasteiger partial charge in [0.15, 0.2) is 8.24 Å². The molecular formula is C17H25NSi. The summed E-state index contributed by atoms with van der Waals surface area (Å²) in [6.07, 6.45) is 2.29. The van der Waals surface area contributed by atoms with Crippen LogP contribution >= 0.6 is 0 Å². The third-order valence-corrected chi connectivity index (χ3v) is 9.82. The first-order valence-corrected chi connectivity index (χ1v) is 9.94. The number of hydrogen-bond donors (Lipinski definition) is 0. The van der Waals surface area contributed by atoms with Gasteiger partial charge in [0.25, 0.3) is 0 Å². The Bertz CT molecular complexity index is 559. The number of nitrogens with zero attached hydrogens (tertiary/aromatic N) is 1. The van der Waals surface area contributed by atoms with Crippen molar-refractivity contribution in [3.63, 3.8) is 0 Å². The third-order valence-electron chi connectivity index (χ3n) is 4.57. The minimum atomic E-state index is -1.57. The monoisotopic (exact) mass is 271 g/mol. The second-order valence-corrected chi connectivity index (χ2v) is 12.0. The first-order valence-electron chi connectivity index (χ1n) is 6.99. The Balaban J connectivity index is 2.63. The van der Waals surface area contributed by atoms with Gasteiger partial charge in [0.1, 0.15) is 0 Å². The van der Waals surface area contributed by atoms with E-state index in [1.165, 1.54) is 16.8 Å². The molecule has 0 aliphatic rings. The van der Waals surface area contributed by atoms with Crippen molar-refractivity contribution in [2.75, 3.05) is 0 Å². The summed E-state index contributed by atoms with van der Waals surface area (Å²) in [5.41, 5.74) is 4.10. The average molecular weight is 271 g/mol. The number of hydrogen-bond acceptors (Lipinski definition) is 0. The van der Waals surface area contributed by atoms with E-state index in [1.54, 1.807) is 0 Å². The number of aromatic nitrogens is 1. The molecule has 1 aromatic heterocycles. The van der Waals surface area contributed by atoms with E-state index in [0.717, 1.165) is 0 Å². The topological polar surface area (TPSA) is 4.93 Å². The van der Waals surface area contributed by atoms with Gasteiger partial charge in [-0.15, -0.1) is 0 Å². The fourth-order valence-electron chi connectivity index (χ4n) is 2.32. The standard InChI is InChI=1S/C17H25NSi/c1-14-12-13-18(19(5,6)17(2,3)4)16(14)15-10-8-7-9-11-15/h7-13H,1-6H3. The van der Waals surface area contributed by atoms with Crippen LogP contribution in [0.25, 0.3) is 11.3 Å². The van der Waals surface area contributed by atoms with Crippen LogP contribution in [-0.4, -0.2) is 12.5 Å². The fraction of sp³-hybridized carbons (Fsp3) is 0.412. The molecule has 1 heterocycles. The van der Waals surface area contributed by atoms with Crippen molar-refractivity contribution < 1.29 is 0 Å². The number of rotatable bonds is 2. The zero-order valence-corrected chi connectivity index (χ0v) is 14.0. The third kappa shape index (κ3) is 2.42. The van der Waals surface area contributed by atoms with Crippen LogP contribution in [0.4, 0.5) is 0 Å². The van der Waals surface area contributed by atoms with Gasteiger partial charge in [0, 0.05) is 5.69 Å². The normalized spacial score (nSPS) is 12.7. The van der Waals surface area contributed by atoms with Crippen LogP contribution in [0.3, 0.4) is 0 Å². The lowest BCUT2D eigenvalue weighted by Gasteiger charge is -2.39. The molecule has 0 amide bonds. The summed E-state index contributed by atoms with van der Waals surface area (Å²) in [5.74, 6) is 0. The van der Waals surface area contributed by atoms with Crippen molar-refractivity contribution in [3.05, 3.63) is 48.2 Å². The SMILES string of the molecule is Cc1ccn([Si](C)(C)C(C)(C)C)c1-c1ccccc1. The largest absolute Gasteiger partial charge is 0.374 e. The highest BCUT2D eigenvalue weighted by Crippen LogP contribution is 2.40. The smallest absolute Gasteiger partial charge is 0.161 e. The molecule has 1 nitrogen and oxygen atoms in total. The van der Waals surface area contributed by atoms with Crippen molar-refractivity contribution in [1.29, 1.82) is 0 Å². The molecule has 0 aliphatic heterocycles.